The van der Waals surface area contributed by atoms with E-state index in [9.17, 15) is 4.79 Å². The molecule has 0 spiro atoms. The maximum absolute atomic E-state index is 11.9. The van der Waals surface area contributed by atoms with E-state index in [0.717, 1.165) is 22.8 Å². The van der Waals surface area contributed by atoms with Crippen LogP contribution < -0.4 is 5.32 Å². The second-order valence-corrected chi connectivity index (χ2v) is 5.17. The first-order chi connectivity index (χ1) is 8.60. The fraction of sp³-hybridized carbons (Fsp3) is 0.417. The summed E-state index contributed by atoms with van der Waals surface area (Å²) in [5.41, 5.74) is 2.16. The van der Waals surface area contributed by atoms with Gasteiger partial charge >= 0.3 is 0 Å². The summed E-state index contributed by atoms with van der Waals surface area (Å²) < 4.78 is 1.97. The van der Waals surface area contributed by atoms with Crippen molar-refractivity contribution in [3.8, 4) is 0 Å². The summed E-state index contributed by atoms with van der Waals surface area (Å²) in [5.74, 6) is -0.0730. The van der Waals surface area contributed by atoms with Crippen LogP contribution in [0.4, 0.5) is 5.13 Å². The van der Waals surface area contributed by atoms with E-state index in [1.54, 1.807) is 0 Å². The molecule has 2 rings (SSSR count). The molecule has 2 heterocycles. The zero-order valence-corrected chi connectivity index (χ0v) is 11.5. The van der Waals surface area contributed by atoms with E-state index in [2.05, 4.69) is 15.5 Å². The van der Waals surface area contributed by atoms with Gasteiger partial charge in [-0.2, -0.15) is 0 Å². The normalized spacial score (nSPS) is 10.6. The minimum absolute atomic E-state index is 0.0730. The lowest BCUT2D eigenvalue weighted by Gasteiger charge is -2.08. The van der Waals surface area contributed by atoms with Crippen LogP contribution in [0.2, 0.25) is 0 Å². The van der Waals surface area contributed by atoms with Gasteiger partial charge in [0.1, 0.15) is 11.6 Å². The highest BCUT2D eigenvalue weighted by molar-refractivity contribution is 7.15. The lowest BCUT2D eigenvalue weighted by atomic mass is 10.4. The van der Waals surface area contributed by atoms with Crippen LogP contribution in [0.25, 0.3) is 0 Å². The first-order valence-electron chi connectivity index (χ1n) is 5.85. The molecule has 0 atom stereocenters. The number of aryl methyl sites for hydroxylation is 3. The third kappa shape index (κ3) is 2.76. The van der Waals surface area contributed by atoms with Gasteiger partial charge in [0.25, 0.3) is 0 Å². The van der Waals surface area contributed by atoms with E-state index in [4.69, 9.17) is 0 Å². The lowest BCUT2D eigenvalue weighted by Crippen LogP contribution is -2.20. The molecule has 0 aliphatic rings. The van der Waals surface area contributed by atoms with Crippen molar-refractivity contribution in [2.75, 3.05) is 5.32 Å². The van der Waals surface area contributed by atoms with Gasteiger partial charge in [0.15, 0.2) is 0 Å². The van der Waals surface area contributed by atoms with Crippen molar-refractivity contribution in [1.82, 2.24) is 14.8 Å². The minimum Gasteiger partial charge on any atom is -0.340 e. The topological polar surface area (TPSA) is 59.8 Å². The molecule has 1 amide bonds. The van der Waals surface area contributed by atoms with Gasteiger partial charge in [-0.1, -0.05) is 18.3 Å². The number of hydrogen-bond acceptors (Lipinski definition) is 4. The number of aromatic nitrogens is 3. The van der Waals surface area contributed by atoms with Crippen molar-refractivity contribution in [2.45, 2.75) is 33.7 Å². The maximum atomic E-state index is 11.9. The molecule has 0 saturated heterocycles. The Labute approximate surface area is 110 Å². The highest BCUT2D eigenvalue weighted by atomic mass is 32.1. The highest BCUT2D eigenvalue weighted by Crippen LogP contribution is 2.15. The summed E-state index contributed by atoms with van der Waals surface area (Å²) in [6, 6.07) is 4.01. The molecule has 0 unspecified atom stereocenters. The van der Waals surface area contributed by atoms with E-state index in [1.807, 2.05) is 37.5 Å². The van der Waals surface area contributed by atoms with Crippen molar-refractivity contribution in [3.05, 3.63) is 28.5 Å². The average Bonchev–Trinajstić information content (AvgIpc) is 2.91. The van der Waals surface area contributed by atoms with E-state index in [-0.39, 0.29) is 5.91 Å². The predicted molar refractivity (Wildman–Crippen MR) is 71.8 cm³/mol. The summed E-state index contributed by atoms with van der Waals surface area (Å²) >= 11 is 1.42. The molecule has 0 saturated carbocycles. The zero-order chi connectivity index (χ0) is 13.1. The number of nitrogens with zero attached hydrogens (tertiary/aromatic N) is 3. The van der Waals surface area contributed by atoms with Crippen molar-refractivity contribution in [1.29, 1.82) is 0 Å². The molecular weight excluding hydrogens is 248 g/mol. The molecule has 0 aromatic carbocycles. The van der Waals surface area contributed by atoms with Gasteiger partial charge in [-0.05, 0) is 32.4 Å². The third-order valence-corrected chi connectivity index (χ3v) is 3.72. The lowest BCUT2D eigenvalue weighted by molar-refractivity contribution is -0.116. The number of amides is 1. The first-order valence-corrected chi connectivity index (χ1v) is 6.66. The quantitative estimate of drug-likeness (QED) is 0.920. The molecule has 0 aliphatic carbocycles. The van der Waals surface area contributed by atoms with Crippen LogP contribution in [0, 0.1) is 13.8 Å². The van der Waals surface area contributed by atoms with E-state index in [0.29, 0.717) is 11.7 Å². The second-order valence-electron chi connectivity index (χ2n) is 4.10. The molecule has 0 bridgehead atoms. The Hall–Kier alpha value is -1.69. The van der Waals surface area contributed by atoms with Gasteiger partial charge in [0.2, 0.25) is 11.0 Å². The molecule has 0 radical (unpaired) electrons. The smallest absolute Gasteiger partial charge is 0.246 e. The van der Waals surface area contributed by atoms with Crippen LogP contribution in [0.3, 0.4) is 0 Å². The number of hydrogen-bond donors (Lipinski definition) is 1. The van der Waals surface area contributed by atoms with Crippen molar-refractivity contribution < 1.29 is 4.79 Å². The van der Waals surface area contributed by atoms with E-state index < -0.39 is 0 Å². The van der Waals surface area contributed by atoms with Gasteiger partial charge in [-0.15, -0.1) is 10.2 Å². The molecule has 0 fully saturated rings. The predicted octanol–water partition coefficient (Wildman–Crippen LogP) is 2.16. The maximum Gasteiger partial charge on any atom is 0.246 e. The number of nitrogens with one attached hydrogen (secondary N) is 1. The van der Waals surface area contributed by atoms with Gasteiger partial charge < -0.3 is 4.57 Å². The van der Waals surface area contributed by atoms with Crippen LogP contribution in [0.15, 0.2) is 12.1 Å². The molecule has 96 valence electrons. The van der Waals surface area contributed by atoms with Crippen LogP contribution in [0.5, 0.6) is 0 Å². The second kappa shape index (κ2) is 5.30. The Balaban J connectivity index is 2.01. The number of carbonyl (C=O) groups is 1. The Morgan fingerprint density at radius 1 is 1.33 bits per heavy atom. The first kappa shape index (κ1) is 12.8. The molecule has 18 heavy (non-hydrogen) atoms. The van der Waals surface area contributed by atoms with Crippen molar-refractivity contribution in [2.24, 2.45) is 0 Å². The summed E-state index contributed by atoms with van der Waals surface area (Å²) in [4.78, 5) is 11.9. The van der Waals surface area contributed by atoms with Gasteiger partial charge in [-0.3, -0.25) is 10.1 Å². The van der Waals surface area contributed by atoms with E-state index >= 15 is 0 Å². The Bertz CT molecular complexity index is 539. The summed E-state index contributed by atoms with van der Waals surface area (Å²) in [6.45, 7) is 6.30. The largest absolute Gasteiger partial charge is 0.340 e. The van der Waals surface area contributed by atoms with Crippen LogP contribution >= 0.6 is 11.3 Å². The molecule has 6 heteroatoms. The fourth-order valence-electron chi connectivity index (χ4n) is 1.70. The fourth-order valence-corrected chi connectivity index (χ4v) is 2.39. The summed E-state index contributed by atoms with van der Waals surface area (Å²) in [5, 5.41) is 12.2. The molecule has 2 aromatic heterocycles. The van der Waals surface area contributed by atoms with Gasteiger partial charge in [0, 0.05) is 11.4 Å². The van der Waals surface area contributed by atoms with Gasteiger partial charge in [0.05, 0.1) is 0 Å². The zero-order valence-electron chi connectivity index (χ0n) is 10.7. The molecular formula is C12H16N4OS. The molecule has 5 nitrogen and oxygen atoms in total. The third-order valence-electron chi connectivity index (χ3n) is 2.73. The summed E-state index contributed by atoms with van der Waals surface area (Å²) in [6.07, 6.45) is 0.837. The molecule has 2 aromatic rings. The average molecular weight is 264 g/mol. The van der Waals surface area contributed by atoms with E-state index in [1.165, 1.54) is 11.3 Å². The SMILES string of the molecule is CCc1nnc(NC(=O)Cn2c(C)ccc2C)s1. The Morgan fingerprint density at radius 3 is 2.56 bits per heavy atom. The van der Waals surface area contributed by atoms with Crippen LogP contribution in [-0.2, 0) is 17.8 Å². The van der Waals surface area contributed by atoms with Crippen LogP contribution in [0.1, 0.15) is 23.3 Å². The van der Waals surface area contributed by atoms with Crippen molar-refractivity contribution in [3.63, 3.8) is 0 Å². The minimum atomic E-state index is -0.0730. The number of anilines is 1. The van der Waals surface area contributed by atoms with Crippen LogP contribution in [-0.4, -0.2) is 20.7 Å². The Kier molecular flexibility index (Phi) is 3.76. The molecule has 0 aliphatic heterocycles. The number of rotatable bonds is 4. The van der Waals surface area contributed by atoms with Gasteiger partial charge in [-0.25, -0.2) is 0 Å². The monoisotopic (exact) mass is 264 g/mol. The number of carbonyl (C=O) groups excluding carboxylic acids is 1. The Morgan fingerprint density at radius 2 is 2.00 bits per heavy atom. The van der Waals surface area contributed by atoms with Crippen molar-refractivity contribution >= 4 is 22.4 Å². The highest BCUT2D eigenvalue weighted by Gasteiger charge is 2.10. The molecule has 1 N–H and O–H groups in total. The standard InChI is InChI=1S/C12H16N4OS/c1-4-11-14-15-12(18-11)13-10(17)7-16-8(2)5-6-9(16)3/h5-6H,4,7H2,1-3H3,(H,13,15,17). The summed E-state index contributed by atoms with van der Waals surface area (Å²) in [7, 11) is 0.